The van der Waals surface area contributed by atoms with E-state index in [-0.39, 0.29) is 12.5 Å². The summed E-state index contributed by atoms with van der Waals surface area (Å²) in [6, 6.07) is -0.421. The zero-order valence-electron chi connectivity index (χ0n) is 10.6. The molecule has 1 rings (SSSR count). The normalized spacial score (nSPS) is 26.2. The van der Waals surface area contributed by atoms with Crippen molar-refractivity contribution in [2.24, 2.45) is 0 Å². The number of amides is 3. The van der Waals surface area contributed by atoms with Gasteiger partial charge in [-0.1, -0.05) is 13.8 Å². The first-order valence-corrected chi connectivity index (χ1v) is 5.97. The third-order valence-electron chi connectivity index (χ3n) is 3.08. The minimum Gasteiger partial charge on any atom is -0.390 e. The van der Waals surface area contributed by atoms with E-state index in [0.717, 1.165) is 11.4 Å². The van der Waals surface area contributed by atoms with Crippen LogP contribution in [-0.4, -0.2) is 53.2 Å². The summed E-state index contributed by atoms with van der Waals surface area (Å²) in [7, 11) is 0. The van der Waals surface area contributed by atoms with Crippen LogP contribution in [0.3, 0.4) is 0 Å². The van der Waals surface area contributed by atoms with Crippen molar-refractivity contribution in [1.29, 1.82) is 0 Å². The van der Waals surface area contributed by atoms with Gasteiger partial charge in [-0.2, -0.15) is 0 Å². The topological polar surface area (TPSA) is 81.7 Å². The molecule has 6 nitrogen and oxygen atoms in total. The fraction of sp³-hybridized carbons (Fsp3) is 0.818. The second-order valence-corrected chi connectivity index (χ2v) is 4.49. The highest BCUT2D eigenvalue weighted by molar-refractivity contribution is 6.06. The quantitative estimate of drug-likeness (QED) is 0.558. The Morgan fingerprint density at radius 3 is 2.59 bits per heavy atom. The lowest BCUT2D eigenvalue weighted by molar-refractivity contribution is -0.131. The molecule has 17 heavy (non-hydrogen) atoms. The Balaban J connectivity index is 2.60. The largest absolute Gasteiger partial charge is 0.390 e. The molecule has 1 fully saturated rings. The number of urea groups is 1. The number of hydrogen-bond donors (Lipinski definition) is 3. The summed E-state index contributed by atoms with van der Waals surface area (Å²) in [5.74, 6) is -0.263. The van der Waals surface area contributed by atoms with Gasteiger partial charge in [-0.05, 0) is 19.9 Å². The van der Waals surface area contributed by atoms with Gasteiger partial charge in [-0.15, -0.1) is 0 Å². The molecule has 2 atom stereocenters. The standard InChI is InChI=1S/C11H21N3O3/c1-4-11(3)9(16)14(10(17)13-11)7-8(15)6-12-5-2/h8,12,15H,4-7H2,1-3H3,(H,13,17). The van der Waals surface area contributed by atoms with E-state index < -0.39 is 17.7 Å². The lowest BCUT2D eigenvalue weighted by Gasteiger charge is -2.21. The van der Waals surface area contributed by atoms with Crippen LogP contribution in [0.5, 0.6) is 0 Å². The van der Waals surface area contributed by atoms with Gasteiger partial charge in [-0.25, -0.2) is 4.79 Å². The highest BCUT2D eigenvalue weighted by Gasteiger charge is 2.46. The monoisotopic (exact) mass is 243 g/mol. The van der Waals surface area contributed by atoms with Gasteiger partial charge < -0.3 is 15.7 Å². The van der Waals surface area contributed by atoms with Crippen LogP contribution in [0.1, 0.15) is 27.2 Å². The van der Waals surface area contributed by atoms with Crippen LogP contribution >= 0.6 is 0 Å². The molecule has 98 valence electrons. The summed E-state index contributed by atoms with van der Waals surface area (Å²) in [5, 5.41) is 15.3. The number of β-amino-alcohol motifs (C(OH)–C–C–N with tert-alkyl or cyclic N) is 1. The van der Waals surface area contributed by atoms with Gasteiger partial charge in [0.1, 0.15) is 5.54 Å². The molecule has 1 aliphatic rings. The molecule has 0 spiro atoms. The molecule has 0 aromatic rings. The van der Waals surface area contributed by atoms with E-state index in [4.69, 9.17) is 0 Å². The van der Waals surface area contributed by atoms with E-state index in [1.54, 1.807) is 6.92 Å². The molecule has 3 N–H and O–H groups in total. The first-order chi connectivity index (χ1) is 7.94. The Hall–Kier alpha value is -1.14. The van der Waals surface area contributed by atoms with E-state index in [0.29, 0.717) is 13.0 Å². The number of likely N-dealkylation sites (N-methyl/N-ethyl adjacent to an activating group) is 1. The number of hydrogen-bond acceptors (Lipinski definition) is 4. The predicted octanol–water partition coefficient (Wildman–Crippen LogP) is -0.323. The predicted molar refractivity (Wildman–Crippen MR) is 63.5 cm³/mol. The second kappa shape index (κ2) is 5.46. The van der Waals surface area contributed by atoms with Crippen LogP contribution in [0, 0.1) is 0 Å². The van der Waals surface area contributed by atoms with Crippen molar-refractivity contribution in [1.82, 2.24) is 15.5 Å². The minimum atomic E-state index is -0.824. The Kier molecular flexibility index (Phi) is 4.47. The van der Waals surface area contributed by atoms with E-state index in [1.807, 2.05) is 13.8 Å². The molecule has 0 aliphatic carbocycles. The number of nitrogens with one attached hydrogen (secondary N) is 2. The van der Waals surface area contributed by atoms with E-state index >= 15 is 0 Å². The smallest absolute Gasteiger partial charge is 0.325 e. The van der Waals surface area contributed by atoms with Crippen molar-refractivity contribution < 1.29 is 14.7 Å². The SMILES string of the molecule is CCNCC(O)CN1C(=O)NC(C)(CC)C1=O. The van der Waals surface area contributed by atoms with Crippen molar-refractivity contribution in [3.63, 3.8) is 0 Å². The Bertz CT molecular complexity index is 308. The molecule has 1 aliphatic heterocycles. The molecule has 1 heterocycles. The van der Waals surface area contributed by atoms with Crippen molar-refractivity contribution in [3.05, 3.63) is 0 Å². The lowest BCUT2D eigenvalue weighted by atomic mass is 9.99. The lowest BCUT2D eigenvalue weighted by Crippen LogP contribution is -2.45. The molecular formula is C11H21N3O3. The number of carbonyl (C=O) groups is 2. The van der Waals surface area contributed by atoms with Gasteiger partial charge >= 0.3 is 6.03 Å². The van der Waals surface area contributed by atoms with Crippen molar-refractivity contribution in [2.75, 3.05) is 19.6 Å². The van der Waals surface area contributed by atoms with Gasteiger partial charge in [0.15, 0.2) is 0 Å². The van der Waals surface area contributed by atoms with Crippen molar-refractivity contribution in [3.8, 4) is 0 Å². The van der Waals surface area contributed by atoms with Crippen LogP contribution in [0.15, 0.2) is 0 Å². The summed E-state index contributed by atoms with van der Waals surface area (Å²) < 4.78 is 0. The minimum absolute atomic E-state index is 0.0350. The molecule has 0 saturated carbocycles. The zero-order valence-corrected chi connectivity index (χ0v) is 10.6. The third kappa shape index (κ3) is 2.95. The Labute approximate surface area is 101 Å². The maximum absolute atomic E-state index is 12.0. The molecule has 3 amide bonds. The Morgan fingerprint density at radius 2 is 2.12 bits per heavy atom. The maximum Gasteiger partial charge on any atom is 0.325 e. The van der Waals surface area contributed by atoms with Crippen molar-refractivity contribution >= 4 is 11.9 Å². The summed E-state index contributed by atoms with van der Waals surface area (Å²) in [6.07, 6.45) is -0.193. The zero-order chi connectivity index (χ0) is 13.1. The second-order valence-electron chi connectivity index (χ2n) is 4.49. The molecular weight excluding hydrogens is 222 g/mol. The number of nitrogens with zero attached hydrogens (tertiary/aromatic N) is 1. The van der Waals surface area contributed by atoms with E-state index in [2.05, 4.69) is 10.6 Å². The van der Waals surface area contributed by atoms with Gasteiger partial charge in [0.25, 0.3) is 5.91 Å². The van der Waals surface area contributed by atoms with Crippen molar-refractivity contribution in [2.45, 2.75) is 38.8 Å². The fourth-order valence-electron chi connectivity index (χ4n) is 1.74. The average molecular weight is 243 g/mol. The number of imide groups is 1. The summed E-state index contributed by atoms with van der Waals surface area (Å²) >= 11 is 0. The van der Waals surface area contributed by atoms with Crippen LogP contribution < -0.4 is 10.6 Å². The summed E-state index contributed by atoms with van der Waals surface area (Å²) in [4.78, 5) is 24.7. The summed E-state index contributed by atoms with van der Waals surface area (Å²) in [5.41, 5.74) is -0.824. The summed E-state index contributed by atoms with van der Waals surface area (Å²) in [6.45, 7) is 6.61. The third-order valence-corrected chi connectivity index (χ3v) is 3.08. The molecule has 0 aromatic carbocycles. The van der Waals surface area contributed by atoms with E-state index in [9.17, 15) is 14.7 Å². The number of aliphatic hydroxyl groups is 1. The molecule has 6 heteroatoms. The van der Waals surface area contributed by atoms with Gasteiger partial charge in [0.2, 0.25) is 0 Å². The number of rotatable bonds is 6. The highest BCUT2D eigenvalue weighted by Crippen LogP contribution is 2.20. The Morgan fingerprint density at radius 1 is 1.47 bits per heavy atom. The first kappa shape index (κ1) is 13.9. The number of aliphatic hydroxyl groups excluding tert-OH is 1. The van der Waals surface area contributed by atoms with E-state index in [1.165, 1.54) is 0 Å². The maximum atomic E-state index is 12.0. The van der Waals surface area contributed by atoms with Gasteiger partial charge in [-0.3, -0.25) is 9.69 Å². The molecule has 2 unspecified atom stereocenters. The van der Waals surface area contributed by atoms with Gasteiger partial charge in [0.05, 0.1) is 12.6 Å². The van der Waals surface area contributed by atoms with Crippen LogP contribution in [0.25, 0.3) is 0 Å². The molecule has 0 radical (unpaired) electrons. The molecule has 0 aromatic heterocycles. The average Bonchev–Trinajstić information content (AvgIpc) is 2.51. The van der Waals surface area contributed by atoms with Crippen LogP contribution in [0.2, 0.25) is 0 Å². The molecule has 1 saturated heterocycles. The number of carbonyl (C=O) groups excluding carboxylic acids is 2. The van der Waals surface area contributed by atoms with Crippen LogP contribution in [0.4, 0.5) is 4.79 Å². The highest BCUT2D eigenvalue weighted by atomic mass is 16.3. The molecule has 0 bridgehead atoms. The first-order valence-electron chi connectivity index (χ1n) is 5.97. The fourth-order valence-corrected chi connectivity index (χ4v) is 1.74. The van der Waals surface area contributed by atoms with Crippen LogP contribution in [-0.2, 0) is 4.79 Å². The van der Waals surface area contributed by atoms with Gasteiger partial charge in [0, 0.05) is 6.54 Å².